The van der Waals surface area contributed by atoms with E-state index in [0.717, 1.165) is 11.9 Å². The zero-order chi connectivity index (χ0) is 22.8. The number of hydrogen-bond acceptors (Lipinski definition) is 6. The molecule has 1 heterocycles. The van der Waals surface area contributed by atoms with Gasteiger partial charge in [-0.1, -0.05) is 35.9 Å². The van der Waals surface area contributed by atoms with E-state index in [1.807, 2.05) is 13.0 Å². The van der Waals surface area contributed by atoms with Crippen molar-refractivity contribution in [3.8, 4) is 0 Å². The summed E-state index contributed by atoms with van der Waals surface area (Å²) < 4.78 is 0. The molecule has 1 aromatic heterocycles. The first-order chi connectivity index (χ1) is 14.9. The van der Waals surface area contributed by atoms with Crippen molar-refractivity contribution in [2.75, 3.05) is 18.1 Å². The lowest BCUT2D eigenvalue weighted by Crippen LogP contribution is -2.02. The summed E-state index contributed by atoms with van der Waals surface area (Å²) in [5.74, 6) is 0. The van der Waals surface area contributed by atoms with Gasteiger partial charge in [0.05, 0.1) is 17.1 Å². The Morgan fingerprint density at radius 3 is 2.65 bits per heavy atom. The number of nitrogens with one attached hydrogen (secondary N) is 2. The van der Waals surface area contributed by atoms with Crippen molar-refractivity contribution in [3.63, 3.8) is 0 Å². The summed E-state index contributed by atoms with van der Waals surface area (Å²) in [4.78, 5) is 19.7. The van der Waals surface area contributed by atoms with Crippen LogP contribution < -0.4 is 11.1 Å². The molecular formula is C24H24ClN5O. The van der Waals surface area contributed by atoms with Gasteiger partial charge in [-0.05, 0) is 61.2 Å². The number of carbonyl (C=O) groups excluding carboxylic acids is 1. The zero-order valence-corrected chi connectivity index (χ0v) is 18.1. The van der Waals surface area contributed by atoms with Gasteiger partial charge in [0.25, 0.3) is 0 Å². The molecular weight excluding hydrogens is 410 g/mol. The second kappa shape index (κ2) is 11.4. The van der Waals surface area contributed by atoms with Crippen LogP contribution >= 0.6 is 11.6 Å². The predicted molar refractivity (Wildman–Crippen MR) is 132 cm³/mol. The number of benzene rings is 1. The molecule has 158 valence electrons. The number of aromatic nitrogens is 1. The Labute approximate surface area is 187 Å². The number of halogens is 1. The molecule has 0 aliphatic heterocycles. The van der Waals surface area contributed by atoms with E-state index in [0.29, 0.717) is 33.8 Å². The number of pyridine rings is 1. The Hall–Kier alpha value is -3.77. The van der Waals surface area contributed by atoms with Crippen LogP contribution in [0, 0.1) is 5.41 Å². The van der Waals surface area contributed by atoms with Gasteiger partial charge in [0.15, 0.2) is 6.29 Å². The maximum atomic E-state index is 11.7. The standard InChI is InChI=1S/C24H24ClN5O/c1-4-16(11-12-28-2)6-8-20(26)19-7-5-17(14-21(19)27)13-18(15-31)24-22(29-3)9-10-23(25)30-24/h4-15,26,29H,2,27H2,1,3H3/b8-6+,12-11-,16-4-,18-13-,26-20?. The van der Waals surface area contributed by atoms with Crippen LogP contribution in [0.4, 0.5) is 11.4 Å². The summed E-state index contributed by atoms with van der Waals surface area (Å²) in [7, 11) is 1.74. The molecule has 2 rings (SSSR count). The van der Waals surface area contributed by atoms with Crippen molar-refractivity contribution < 1.29 is 4.79 Å². The van der Waals surface area contributed by atoms with Gasteiger partial charge in [-0.3, -0.25) is 9.79 Å². The number of allylic oxidation sites excluding steroid dienone is 6. The predicted octanol–water partition coefficient (Wildman–Crippen LogP) is 5.18. The average Bonchev–Trinajstić information content (AvgIpc) is 2.77. The molecule has 0 unspecified atom stereocenters. The van der Waals surface area contributed by atoms with Gasteiger partial charge in [0.2, 0.25) is 0 Å². The van der Waals surface area contributed by atoms with Crippen LogP contribution in [0.1, 0.15) is 23.7 Å². The molecule has 0 saturated heterocycles. The first-order valence-corrected chi connectivity index (χ1v) is 9.78. The van der Waals surface area contributed by atoms with Crippen LogP contribution in [-0.4, -0.2) is 30.7 Å². The minimum atomic E-state index is 0.261. The summed E-state index contributed by atoms with van der Waals surface area (Å²) in [6, 6.07) is 8.65. The van der Waals surface area contributed by atoms with Crippen LogP contribution in [0.15, 0.2) is 71.4 Å². The van der Waals surface area contributed by atoms with Crippen LogP contribution in [0.25, 0.3) is 11.6 Å². The van der Waals surface area contributed by atoms with Gasteiger partial charge < -0.3 is 16.5 Å². The zero-order valence-electron chi connectivity index (χ0n) is 17.4. The van der Waals surface area contributed by atoms with Crippen molar-refractivity contribution in [3.05, 3.63) is 88.4 Å². The Bertz CT molecular complexity index is 1110. The Morgan fingerprint density at radius 1 is 1.26 bits per heavy atom. The summed E-state index contributed by atoms with van der Waals surface area (Å²) >= 11 is 6.00. The van der Waals surface area contributed by atoms with Crippen LogP contribution in [0.2, 0.25) is 5.15 Å². The van der Waals surface area contributed by atoms with Crippen LogP contribution in [0.3, 0.4) is 0 Å². The number of rotatable bonds is 9. The van der Waals surface area contributed by atoms with Gasteiger partial charge in [0, 0.05) is 30.1 Å². The summed E-state index contributed by atoms with van der Waals surface area (Å²) in [5, 5.41) is 11.6. The first kappa shape index (κ1) is 23.5. The third-order valence-corrected chi connectivity index (χ3v) is 4.58. The van der Waals surface area contributed by atoms with E-state index in [-0.39, 0.29) is 10.9 Å². The minimum Gasteiger partial charge on any atom is -0.398 e. The molecule has 0 aliphatic carbocycles. The van der Waals surface area contributed by atoms with Gasteiger partial charge in [0.1, 0.15) is 5.15 Å². The minimum absolute atomic E-state index is 0.261. The summed E-state index contributed by atoms with van der Waals surface area (Å²) in [6.07, 6.45) is 11.1. The highest BCUT2D eigenvalue weighted by molar-refractivity contribution is 6.29. The van der Waals surface area contributed by atoms with E-state index in [4.69, 9.17) is 22.7 Å². The monoisotopic (exact) mass is 433 g/mol. The second-order valence-corrected chi connectivity index (χ2v) is 6.77. The Balaban J connectivity index is 2.34. The lowest BCUT2D eigenvalue weighted by Gasteiger charge is -2.09. The highest BCUT2D eigenvalue weighted by Crippen LogP contribution is 2.26. The van der Waals surface area contributed by atoms with Gasteiger partial charge >= 0.3 is 0 Å². The lowest BCUT2D eigenvalue weighted by molar-refractivity contribution is -0.103. The van der Waals surface area contributed by atoms with Gasteiger partial charge in [-0.15, -0.1) is 0 Å². The number of hydrogen-bond donors (Lipinski definition) is 3. The van der Waals surface area contributed by atoms with E-state index < -0.39 is 0 Å². The molecule has 0 amide bonds. The van der Waals surface area contributed by atoms with Crippen molar-refractivity contribution in [2.24, 2.45) is 4.99 Å². The third-order valence-electron chi connectivity index (χ3n) is 4.37. The van der Waals surface area contributed by atoms with Crippen LogP contribution in [0.5, 0.6) is 0 Å². The van der Waals surface area contributed by atoms with Crippen molar-refractivity contribution in [1.82, 2.24) is 4.98 Å². The number of anilines is 2. The fourth-order valence-corrected chi connectivity index (χ4v) is 2.91. The molecule has 4 N–H and O–H groups in total. The fraction of sp³-hybridized carbons (Fsp3) is 0.0833. The van der Waals surface area contributed by atoms with E-state index in [1.54, 1.807) is 67.9 Å². The Morgan fingerprint density at radius 2 is 2.03 bits per heavy atom. The maximum absolute atomic E-state index is 11.7. The Kier molecular flexibility index (Phi) is 8.66. The maximum Gasteiger partial charge on any atom is 0.152 e. The van der Waals surface area contributed by atoms with E-state index in [1.165, 1.54) is 0 Å². The molecule has 0 saturated carbocycles. The molecule has 6 nitrogen and oxygen atoms in total. The van der Waals surface area contributed by atoms with Crippen molar-refractivity contribution >= 4 is 53.3 Å². The summed E-state index contributed by atoms with van der Waals surface area (Å²) in [6.45, 7) is 5.30. The number of nitrogen functional groups attached to an aromatic ring is 1. The largest absolute Gasteiger partial charge is 0.398 e. The average molecular weight is 434 g/mol. The van der Waals surface area contributed by atoms with Crippen LogP contribution in [-0.2, 0) is 4.79 Å². The van der Waals surface area contributed by atoms with E-state index >= 15 is 0 Å². The second-order valence-electron chi connectivity index (χ2n) is 6.38. The quantitative estimate of drug-likeness (QED) is 0.126. The van der Waals surface area contributed by atoms with E-state index in [9.17, 15) is 4.79 Å². The molecule has 0 fully saturated rings. The number of nitrogens with zero attached hydrogens (tertiary/aromatic N) is 2. The molecule has 0 spiro atoms. The number of aliphatic imine (C=N–C) groups is 1. The molecule has 0 aliphatic rings. The number of nitrogens with two attached hydrogens (primary N) is 1. The molecule has 1 aromatic carbocycles. The molecule has 0 atom stereocenters. The summed E-state index contributed by atoms with van der Waals surface area (Å²) in [5.41, 5.74) is 10.5. The van der Waals surface area contributed by atoms with E-state index in [2.05, 4.69) is 22.0 Å². The smallest absolute Gasteiger partial charge is 0.152 e. The lowest BCUT2D eigenvalue weighted by atomic mass is 10.0. The highest BCUT2D eigenvalue weighted by Gasteiger charge is 2.11. The fourth-order valence-electron chi connectivity index (χ4n) is 2.77. The third kappa shape index (κ3) is 6.35. The molecule has 0 bridgehead atoms. The molecule has 7 heteroatoms. The number of carbonyl (C=O) groups is 1. The molecule has 2 aromatic rings. The van der Waals surface area contributed by atoms with Crippen molar-refractivity contribution in [1.29, 1.82) is 5.41 Å². The van der Waals surface area contributed by atoms with Gasteiger partial charge in [-0.25, -0.2) is 4.98 Å². The number of aldehydes is 1. The van der Waals surface area contributed by atoms with Crippen molar-refractivity contribution in [2.45, 2.75) is 6.92 Å². The normalized spacial score (nSPS) is 12.4. The SMILES string of the molecule is C=N\C=C/C(=C\C)/C=C/C(=N)c1ccc(/C=C(/C=O)c2nc(Cl)ccc2NC)cc1N. The highest BCUT2D eigenvalue weighted by atomic mass is 35.5. The first-order valence-electron chi connectivity index (χ1n) is 9.40. The molecule has 0 radical (unpaired) electrons. The molecule has 31 heavy (non-hydrogen) atoms. The van der Waals surface area contributed by atoms with Gasteiger partial charge in [-0.2, -0.15) is 0 Å². The topological polar surface area (TPSA) is 104 Å².